The second-order valence-electron chi connectivity index (χ2n) is 9.81. The van der Waals surface area contributed by atoms with Crippen molar-refractivity contribution in [1.29, 1.82) is 0 Å². The van der Waals surface area contributed by atoms with E-state index in [2.05, 4.69) is 28.5 Å². The minimum Gasteiger partial charge on any atom is -0.480 e. The molecule has 36 heavy (non-hydrogen) atoms. The summed E-state index contributed by atoms with van der Waals surface area (Å²) in [4.78, 5) is 27.9. The van der Waals surface area contributed by atoms with E-state index in [1.165, 1.54) is 36.5 Å². The molecule has 2 aliphatic heterocycles. The van der Waals surface area contributed by atoms with E-state index in [0.29, 0.717) is 23.6 Å². The molecular weight excluding hydrogens is 454 g/mol. The van der Waals surface area contributed by atoms with Crippen LogP contribution in [-0.4, -0.2) is 28.9 Å². The molecule has 3 aromatic carbocycles. The first kappa shape index (κ1) is 22.5. The summed E-state index contributed by atoms with van der Waals surface area (Å²) < 4.78 is 6.32. The third-order valence-electron chi connectivity index (χ3n) is 7.30. The quantitative estimate of drug-likeness (QED) is 0.346. The van der Waals surface area contributed by atoms with E-state index >= 15 is 0 Å². The molecule has 0 aromatic heterocycles. The van der Waals surface area contributed by atoms with E-state index in [4.69, 9.17) is 15.6 Å². The van der Waals surface area contributed by atoms with Crippen LogP contribution in [0.2, 0.25) is 0 Å². The van der Waals surface area contributed by atoms with Gasteiger partial charge in [0.1, 0.15) is 24.1 Å². The van der Waals surface area contributed by atoms with E-state index in [0.717, 1.165) is 16.7 Å². The molecule has 3 atom stereocenters. The molecule has 4 N–H and O–H groups in total. The molecule has 1 fully saturated rings. The predicted octanol–water partition coefficient (Wildman–Crippen LogP) is 4.19. The largest absolute Gasteiger partial charge is 0.480 e. The highest BCUT2D eigenvalue weighted by Gasteiger charge is 2.43. The van der Waals surface area contributed by atoms with Crippen LogP contribution < -0.4 is 11.1 Å². The van der Waals surface area contributed by atoms with Crippen LogP contribution in [0.15, 0.2) is 65.7 Å². The van der Waals surface area contributed by atoms with Gasteiger partial charge >= 0.3 is 5.97 Å². The van der Waals surface area contributed by atoms with Crippen LogP contribution in [0.4, 0.5) is 0 Å². The fourth-order valence-electron chi connectivity index (χ4n) is 5.09. The van der Waals surface area contributed by atoms with Crippen molar-refractivity contribution < 1.29 is 19.4 Å². The van der Waals surface area contributed by atoms with E-state index in [-0.39, 0.29) is 24.0 Å². The van der Waals surface area contributed by atoms with Crippen LogP contribution >= 0.6 is 0 Å². The molecule has 0 radical (unpaired) electrons. The molecular formula is C29H27N3O4. The SMILES string of the molecule is CC(N=C(N)c1ccc(CNC(=O)c2ccc3c(c2)[C@@H]2O[C@H]3c3ccc(C4CC4)cc32)cc1)C(=O)O. The Balaban J connectivity index is 1.13. The molecule has 1 saturated carbocycles. The molecule has 7 heteroatoms. The Bertz CT molecular complexity index is 1410. The molecule has 1 aliphatic carbocycles. The minimum absolute atomic E-state index is 0.0432. The van der Waals surface area contributed by atoms with Crippen LogP contribution in [0.3, 0.4) is 0 Å². The smallest absolute Gasteiger partial charge is 0.328 e. The maximum Gasteiger partial charge on any atom is 0.328 e. The lowest BCUT2D eigenvalue weighted by Crippen LogP contribution is -2.23. The zero-order valence-corrected chi connectivity index (χ0v) is 19.9. The molecule has 6 rings (SSSR count). The fraction of sp³-hybridized carbons (Fsp3) is 0.276. The maximum absolute atomic E-state index is 12.9. The van der Waals surface area contributed by atoms with Crippen LogP contribution in [0.5, 0.6) is 0 Å². The van der Waals surface area contributed by atoms with Crippen LogP contribution in [0.25, 0.3) is 0 Å². The average molecular weight is 482 g/mol. The van der Waals surface area contributed by atoms with Crippen LogP contribution in [-0.2, 0) is 16.1 Å². The van der Waals surface area contributed by atoms with E-state index < -0.39 is 12.0 Å². The second kappa shape index (κ2) is 8.60. The zero-order valence-electron chi connectivity index (χ0n) is 19.9. The molecule has 2 heterocycles. The van der Waals surface area contributed by atoms with Gasteiger partial charge in [-0.15, -0.1) is 0 Å². The summed E-state index contributed by atoms with van der Waals surface area (Å²) in [5.74, 6) is -0.318. The van der Waals surface area contributed by atoms with Gasteiger partial charge in [0.05, 0.1) is 0 Å². The summed E-state index contributed by atoms with van der Waals surface area (Å²) in [5.41, 5.74) is 14.2. The third-order valence-corrected chi connectivity index (χ3v) is 7.30. The van der Waals surface area contributed by atoms with Gasteiger partial charge in [-0.1, -0.05) is 48.5 Å². The van der Waals surface area contributed by atoms with E-state index in [9.17, 15) is 9.59 Å². The van der Waals surface area contributed by atoms with Crippen molar-refractivity contribution in [3.8, 4) is 0 Å². The van der Waals surface area contributed by atoms with Crippen molar-refractivity contribution in [1.82, 2.24) is 5.32 Å². The fourth-order valence-corrected chi connectivity index (χ4v) is 5.09. The van der Waals surface area contributed by atoms with Crippen molar-refractivity contribution in [3.63, 3.8) is 0 Å². The summed E-state index contributed by atoms with van der Waals surface area (Å²) in [6.45, 7) is 1.83. The summed E-state index contributed by atoms with van der Waals surface area (Å²) in [5, 5.41) is 12.0. The van der Waals surface area contributed by atoms with Gasteiger partial charge in [-0.2, -0.15) is 0 Å². The third kappa shape index (κ3) is 3.95. The molecule has 1 unspecified atom stereocenters. The highest BCUT2D eigenvalue weighted by molar-refractivity contribution is 5.98. The Morgan fingerprint density at radius 1 is 0.972 bits per heavy atom. The number of carboxylic acids is 1. The molecule has 3 aliphatic rings. The zero-order chi connectivity index (χ0) is 25.0. The Hall–Kier alpha value is -3.97. The number of amidine groups is 1. The number of carbonyl (C=O) groups excluding carboxylic acids is 1. The van der Waals surface area contributed by atoms with Crippen molar-refractivity contribution in [2.45, 2.75) is 50.5 Å². The monoisotopic (exact) mass is 481 g/mol. The van der Waals surface area contributed by atoms with E-state index in [1.54, 1.807) is 12.1 Å². The minimum atomic E-state index is -1.03. The first-order valence-electron chi connectivity index (χ1n) is 12.3. The molecule has 0 saturated heterocycles. The maximum atomic E-state index is 12.9. The van der Waals surface area contributed by atoms with Crippen LogP contribution in [0, 0.1) is 0 Å². The lowest BCUT2D eigenvalue weighted by molar-refractivity contribution is -0.137. The van der Waals surface area contributed by atoms with Crippen molar-refractivity contribution in [2.75, 3.05) is 0 Å². The highest BCUT2D eigenvalue weighted by atomic mass is 16.5. The number of fused-ring (bicyclic) bond motifs is 8. The molecule has 2 bridgehead atoms. The first-order valence-corrected chi connectivity index (χ1v) is 12.3. The summed E-state index contributed by atoms with van der Waals surface area (Å²) in [6, 6.07) is 18.9. The first-order chi connectivity index (χ1) is 17.4. The highest BCUT2D eigenvalue weighted by Crippen LogP contribution is 2.55. The summed E-state index contributed by atoms with van der Waals surface area (Å²) >= 11 is 0. The molecule has 1 amide bonds. The number of rotatable bonds is 7. The number of nitrogens with zero attached hydrogens (tertiary/aromatic N) is 1. The number of carboxylic acid groups (broad SMARTS) is 1. The number of nitrogens with one attached hydrogen (secondary N) is 1. The standard InChI is InChI=1S/C29H27N3O4/c1-15(29(34)35)32-27(30)18-4-2-16(3-5-18)14-31-28(33)20-9-11-22-24(13-20)26-23-12-19(17-6-7-17)8-10-21(23)25(22)36-26/h2-5,8-13,15,17,25-26H,6-7,14H2,1H3,(H2,30,32)(H,31,33)(H,34,35)/t15?,25-,26+/m0/s1. The Morgan fingerprint density at radius 3 is 2.31 bits per heavy atom. The average Bonchev–Trinajstić information content (AvgIpc) is 3.59. The summed E-state index contributed by atoms with van der Waals surface area (Å²) in [6.07, 6.45) is 2.39. The number of hydrogen-bond donors (Lipinski definition) is 3. The lowest BCUT2D eigenvalue weighted by Gasteiger charge is -2.17. The number of nitrogens with two attached hydrogens (primary N) is 1. The number of ether oxygens (including phenoxy) is 1. The Morgan fingerprint density at radius 2 is 1.61 bits per heavy atom. The van der Waals surface area contributed by atoms with Gasteiger partial charge in [-0.3, -0.25) is 9.79 Å². The van der Waals surface area contributed by atoms with E-state index in [1.807, 2.05) is 30.3 Å². The van der Waals surface area contributed by atoms with Gasteiger partial charge in [-0.05, 0) is 71.2 Å². The Kier molecular flexibility index (Phi) is 5.38. The number of benzene rings is 3. The van der Waals surface area contributed by atoms with Crippen molar-refractivity contribution in [2.24, 2.45) is 10.7 Å². The van der Waals surface area contributed by atoms with Gasteiger partial charge in [0.15, 0.2) is 0 Å². The van der Waals surface area contributed by atoms with Gasteiger partial charge < -0.3 is 20.9 Å². The molecule has 182 valence electrons. The number of hydrogen-bond acceptors (Lipinski definition) is 4. The second-order valence-corrected chi connectivity index (χ2v) is 9.81. The molecule has 0 spiro atoms. The van der Waals surface area contributed by atoms with Gasteiger partial charge in [0, 0.05) is 17.7 Å². The van der Waals surface area contributed by atoms with Gasteiger partial charge in [-0.25, -0.2) is 4.79 Å². The van der Waals surface area contributed by atoms with Crippen molar-refractivity contribution in [3.05, 3.63) is 105 Å². The number of aliphatic imine (C=N–C) groups is 1. The predicted molar refractivity (Wildman–Crippen MR) is 135 cm³/mol. The molecule has 3 aromatic rings. The number of amides is 1. The van der Waals surface area contributed by atoms with Crippen LogP contribution in [0.1, 0.15) is 87.2 Å². The van der Waals surface area contributed by atoms with Crippen molar-refractivity contribution >= 4 is 17.7 Å². The molecule has 7 nitrogen and oxygen atoms in total. The number of carbonyl (C=O) groups is 2. The Labute approximate surface area is 209 Å². The van der Waals surface area contributed by atoms with Gasteiger partial charge in [0.2, 0.25) is 0 Å². The normalized spacial score (nSPS) is 20.5. The number of aliphatic carboxylic acids is 1. The topological polar surface area (TPSA) is 114 Å². The lowest BCUT2D eigenvalue weighted by atomic mass is 9.84. The summed E-state index contributed by atoms with van der Waals surface area (Å²) in [7, 11) is 0. The van der Waals surface area contributed by atoms with Gasteiger partial charge in [0.25, 0.3) is 5.91 Å².